The van der Waals surface area contributed by atoms with E-state index < -0.39 is 0 Å². The molecule has 5 nitrogen and oxygen atoms in total. The summed E-state index contributed by atoms with van der Waals surface area (Å²) in [5.74, 6) is 1.19. The smallest absolute Gasteiger partial charge is 0.237 e. The van der Waals surface area contributed by atoms with Crippen molar-refractivity contribution in [2.75, 3.05) is 5.32 Å². The molecule has 0 spiro atoms. The van der Waals surface area contributed by atoms with Gasteiger partial charge < -0.3 is 5.32 Å². The van der Waals surface area contributed by atoms with E-state index >= 15 is 0 Å². The lowest BCUT2D eigenvalue weighted by Crippen LogP contribution is -2.23. The van der Waals surface area contributed by atoms with Crippen LogP contribution in [-0.2, 0) is 11.3 Å². The van der Waals surface area contributed by atoms with Gasteiger partial charge in [-0.25, -0.2) is 0 Å². The molecule has 33 heavy (non-hydrogen) atoms. The minimum Gasteiger partial charge on any atom is -0.325 e. The van der Waals surface area contributed by atoms with Crippen LogP contribution < -0.4 is 5.32 Å². The molecule has 168 valence electrons. The monoisotopic (exact) mass is 456 g/mol. The summed E-state index contributed by atoms with van der Waals surface area (Å²) in [7, 11) is 0. The molecule has 4 rings (SSSR count). The van der Waals surface area contributed by atoms with Gasteiger partial charge in [0.25, 0.3) is 0 Å². The van der Waals surface area contributed by atoms with Crippen molar-refractivity contribution < 1.29 is 4.79 Å². The third-order valence-electron chi connectivity index (χ3n) is 5.43. The first kappa shape index (κ1) is 22.8. The largest absolute Gasteiger partial charge is 0.325 e. The fourth-order valence-electron chi connectivity index (χ4n) is 3.49. The number of hydrogen-bond acceptors (Lipinski definition) is 4. The van der Waals surface area contributed by atoms with Crippen LogP contribution in [-0.4, -0.2) is 25.9 Å². The molecule has 0 radical (unpaired) electrons. The number of thioether (sulfide) groups is 1. The predicted molar refractivity (Wildman–Crippen MR) is 135 cm³/mol. The number of carbonyl (C=O) groups is 1. The second kappa shape index (κ2) is 10.5. The van der Waals surface area contributed by atoms with E-state index in [-0.39, 0.29) is 11.2 Å². The molecule has 0 aliphatic carbocycles. The molecular weight excluding hydrogens is 428 g/mol. The van der Waals surface area contributed by atoms with Crippen molar-refractivity contribution in [3.63, 3.8) is 0 Å². The molecule has 1 unspecified atom stereocenters. The summed E-state index contributed by atoms with van der Waals surface area (Å²) >= 11 is 1.42. The highest BCUT2D eigenvalue weighted by Crippen LogP contribution is 2.28. The standard InChI is InChI=1S/C27H28N4OS/c1-19(2)22-14-16-24(17-15-22)28-26(32)20(3)33-27-30-29-25(23-12-8-5-9-13-23)31(27)18-21-10-6-4-7-11-21/h4-17,19-20H,18H2,1-3H3,(H,28,32). The first-order valence-electron chi connectivity index (χ1n) is 11.1. The number of hydrogen-bond donors (Lipinski definition) is 1. The van der Waals surface area contributed by atoms with Crippen molar-refractivity contribution in [3.05, 3.63) is 96.1 Å². The Morgan fingerprint density at radius 1 is 0.879 bits per heavy atom. The van der Waals surface area contributed by atoms with Crippen molar-refractivity contribution in [1.82, 2.24) is 14.8 Å². The van der Waals surface area contributed by atoms with Gasteiger partial charge in [0.2, 0.25) is 5.91 Å². The number of nitrogens with zero attached hydrogens (tertiary/aromatic N) is 3. The molecule has 1 N–H and O–H groups in total. The molecular formula is C27H28N4OS. The Balaban J connectivity index is 1.54. The number of amides is 1. The number of nitrogens with one attached hydrogen (secondary N) is 1. The summed E-state index contributed by atoms with van der Waals surface area (Å²) in [5, 5.41) is 12.3. The van der Waals surface area contributed by atoms with Crippen molar-refractivity contribution in [3.8, 4) is 11.4 Å². The SMILES string of the molecule is CC(Sc1nnc(-c2ccccc2)n1Cc1ccccc1)C(=O)Nc1ccc(C(C)C)cc1. The van der Waals surface area contributed by atoms with Crippen LogP contribution in [0.3, 0.4) is 0 Å². The average molecular weight is 457 g/mol. The molecule has 1 amide bonds. The highest BCUT2D eigenvalue weighted by atomic mass is 32.2. The van der Waals surface area contributed by atoms with Gasteiger partial charge in [-0.3, -0.25) is 9.36 Å². The summed E-state index contributed by atoms with van der Waals surface area (Å²) in [6, 6.07) is 28.3. The lowest BCUT2D eigenvalue weighted by atomic mass is 10.0. The molecule has 0 bridgehead atoms. The minimum absolute atomic E-state index is 0.0622. The van der Waals surface area contributed by atoms with E-state index in [0.29, 0.717) is 12.5 Å². The lowest BCUT2D eigenvalue weighted by molar-refractivity contribution is -0.115. The Morgan fingerprint density at radius 3 is 2.15 bits per heavy atom. The first-order valence-corrected chi connectivity index (χ1v) is 12.0. The predicted octanol–water partition coefficient (Wildman–Crippen LogP) is 6.24. The van der Waals surface area contributed by atoms with Gasteiger partial charge in [0, 0.05) is 11.3 Å². The van der Waals surface area contributed by atoms with E-state index in [1.54, 1.807) is 0 Å². The molecule has 6 heteroatoms. The number of aromatic nitrogens is 3. The highest BCUT2D eigenvalue weighted by Gasteiger charge is 2.21. The maximum Gasteiger partial charge on any atom is 0.237 e. The van der Waals surface area contributed by atoms with E-state index in [1.165, 1.54) is 17.3 Å². The summed E-state index contributed by atoms with van der Waals surface area (Å²) in [5.41, 5.74) is 4.19. The topological polar surface area (TPSA) is 59.8 Å². The van der Waals surface area contributed by atoms with Gasteiger partial charge in [0.05, 0.1) is 11.8 Å². The molecule has 3 aromatic carbocycles. The van der Waals surface area contributed by atoms with Gasteiger partial charge in [-0.2, -0.15) is 0 Å². The minimum atomic E-state index is -0.336. The molecule has 1 atom stereocenters. The van der Waals surface area contributed by atoms with E-state index in [4.69, 9.17) is 0 Å². The van der Waals surface area contributed by atoms with Crippen LogP contribution in [0.5, 0.6) is 0 Å². The number of anilines is 1. The van der Waals surface area contributed by atoms with Crippen LogP contribution in [0, 0.1) is 0 Å². The van der Waals surface area contributed by atoms with Crippen molar-refractivity contribution in [2.45, 2.75) is 43.6 Å². The Bertz CT molecular complexity index is 1190. The van der Waals surface area contributed by atoms with Crippen LogP contribution in [0.4, 0.5) is 5.69 Å². The highest BCUT2D eigenvalue weighted by molar-refractivity contribution is 8.00. The van der Waals surface area contributed by atoms with Crippen molar-refractivity contribution >= 4 is 23.4 Å². The molecule has 0 saturated heterocycles. The number of rotatable bonds is 8. The molecule has 1 aromatic heterocycles. The zero-order valence-corrected chi connectivity index (χ0v) is 19.9. The maximum atomic E-state index is 12.9. The molecule has 0 fully saturated rings. The Morgan fingerprint density at radius 2 is 1.52 bits per heavy atom. The van der Waals surface area contributed by atoms with Gasteiger partial charge in [-0.1, -0.05) is 98.4 Å². The average Bonchev–Trinajstić information content (AvgIpc) is 3.22. The third kappa shape index (κ3) is 5.71. The second-order valence-electron chi connectivity index (χ2n) is 8.27. The van der Waals surface area contributed by atoms with Crippen LogP contribution in [0.25, 0.3) is 11.4 Å². The summed E-state index contributed by atoms with van der Waals surface area (Å²) in [6.45, 7) is 6.83. The van der Waals surface area contributed by atoms with Gasteiger partial charge in [0.1, 0.15) is 0 Å². The van der Waals surface area contributed by atoms with Crippen molar-refractivity contribution in [2.24, 2.45) is 0 Å². The Labute approximate surface area is 199 Å². The maximum absolute atomic E-state index is 12.9. The third-order valence-corrected chi connectivity index (χ3v) is 6.51. The fourth-order valence-corrected chi connectivity index (χ4v) is 4.34. The Kier molecular flexibility index (Phi) is 7.25. The van der Waals surface area contributed by atoms with Crippen LogP contribution in [0.1, 0.15) is 37.8 Å². The van der Waals surface area contributed by atoms with E-state index in [2.05, 4.69) is 58.2 Å². The Hall–Kier alpha value is -3.38. The van der Waals surface area contributed by atoms with Gasteiger partial charge >= 0.3 is 0 Å². The van der Waals surface area contributed by atoms with E-state index in [1.807, 2.05) is 67.6 Å². The molecule has 4 aromatic rings. The van der Waals surface area contributed by atoms with Crippen LogP contribution in [0.15, 0.2) is 90.1 Å². The van der Waals surface area contributed by atoms with Gasteiger partial charge in [-0.15, -0.1) is 10.2 Å². The summed E-state index contributed by atoms with van der Waals surface area (Å²) in [4.78, 5) is 12.9. The number of carbonyl (C=O) groups excluding carboxylic acids is 1. The van der Waals surface area contributed by atoms with Crippen LogP contribution >= 0.6 is 11.8 Å². The molecule has 0 aliphatic heterocycles. The normalized spacial score (nSPS) is 12.0. The van der Waals surface area contributed by atoms with Crippen LogP contribution in [0.2, 0.25) is 0 Å². The molecule has 0 saturated carbocycles. The van der Waals surface area contributed by atoms with E-state index in [0.717, 1.165) is 27.8 Å². The van der Waals surface area contributed by atoms with Gasteiger partial charge in [0.15, 0.2) is 11.0 Å². The number of benzene rings is 3. The summed E-state index contributed by atoms with van der Waals surface area (Å²) < 4.78 is 2.08. The molecule has 0 aliphatic rings. The van der Waals surface area contributed by atoms with E-state index in [9.17, 15) is 4.79 Å². The second-order valence-corrected chi connectivity index (χ2v) is 9.58. The first-order chi connectivity index (χ1) is 16.0. The lowest BCUT2D eigenvalue weighted by Gasteiger charge is -2.14. The molecule has 1 heterocycles. The zero-order chi connectivity index (χ0) is 23.2. The fraction of sp³-hybridized carbons (Fsp3) is 0.222. The zero-order valence-electron chi connectivity index (χ0n) is 19.1. The quantitative estimate of drug-likeness (QED) is 0.319. The summed E-state index contributed by atoms with van der Waals surface area (Å²) in [6.07, 6.45) is 0. The van der Waals surface area contributed by atoms with Crippen molar-refractivity contribution in [1.29, 1.82) is 0 Å². The van der Waals surface area contributed by atoms with Gasteiger partial charge in [-0.05, 0) is 36.1 Å².